The zero-order valence-corrected chi connectivity index (χ0v) is 20.3. The van der Waals surface area contributed by atoms with Crippen molar-refractivity contribution in [2.75, 3.05) is 0 Å². The molecule has 0 aliphatic heterocycles. The van der Waals surface area contributed by atoms with Gasteiger partial charge in [-0.2, -0.15) is 0 Å². The van der Waals surface area contributed by atoms with Crippen molar-refractivity contribution < 1.29 is 160 Å². The minimum absolute atomic E-state index is 0. The summed E-state index contributed by atoms with van der Waals surface area (Å²) in [6.45, 7) is 3.94. The summed E-state index contributed by atoms with van der Waals surface area (Å²) in [6, 6.07) is 0. The van der Waals surface area contributed by atoms with Crippen molar-refractivity contribution in [2.24, 2.45) is 0 Å². The normalized spacial score (nSPS) is 3.38. The molecule has 0 radical (unpaired) electrons. The number of hydrogen-bond acceptors (Lipinski definition) is 5. The van der Waals surface area contributed by atoms with Crippen molar-refractivity contribution in [2.45, 2.75) is 13.8 Å². The van der Waals surface area contributed by atoms with Crippen molar-refractivity contribution in [3.05, 3.63) is 0 Å². The van der Waals surface area contributed by atoms with Crippen LogP contribution in [0.5, 0.6) is 0 Å². The fourth-order valence-electron chi connectivity index (χ4n) is 0. The minimum Gasteiger partial charge on any atom is -1.00 e. The van der Waals surface area contributed by atoms with Gasteiger partial charge in [-0.1, -0.05) is 0 Å². The Morgan fingerprint density at radius 2 is 0.875 bits per heavy atom. The van der Waals surface area contributed by atoms with Crippen molar-refractivity contribution in [3.63, 3.8) is 0 Å². The van der Waals surface area contributed by atoms with E-state index in [2.05, 4.69) is 0 Å². The molecular weight excluding hydrogens is 320 g/mol. The van der Waals surface area contributed by atoms with E-state index in [-0.39, 0.29) is 158 Å². The Bertz CT molecular complexity index is 105. The Kier molecular flexibility index (Phi) is 236. The van der Waals surface area contributed by atoms with E-state index in [1.165, 1.54) is 0 Å². The SMILES string of the molecule is C=O.CC(=O)[O-].CC(=O)[O-].[Cl-].[Cl-].[K+].[Mg+2].[Na+].[Na+]. The second-order valence-corrected chi connectivity index (χ2v) is 0.983. The molecule has 11 heteroatoms. The number of hydrogen-bond donors (Lipinski definition) is 0. The molecule has 0 aromatic heterocycles. The van der Waals surface area contributed by atoms with Gasteiger partial charge in [0, 0.05) is 11.9 Å². The van der Waals surface area contributed by atoms with Crippen LogP contribution in [0.25, 0.3) is 0 Å². The third kappa shape index (κ3) is 375. The molecule has 76 valence electrons. The predicted octanol–water partition coefficient (Wildman–Crippen LogP) is -18.0. The Labute approximate surface area is 211 Å². The maximum absolute atomic E-state index is 8.89. The van der Waals surface area contributed by atoms with Crippen LogP contribution in [0.1, 0.15) is 13.8 Å². The van der Waals surface area contributed by atoms with Crippen molar-refractivity contribution in [1.82, 2.24) is 0 Å². The fraction of sp³-hybridized carbons (Fsp3) is 0.400. The van der Waals surface area contributed by atoms with E-state index < -0.39 is 11.9 Å². The molecule has 0 spiro atoms. The van der Waals surface area contributed by atoms with Crippen molar-refractivity contribution in [3.8, 4) is 0 Å². The van der Waals surface area contributed by atoms with Gasteiger partial charge >= 0.3 is 134 Å². The van der Waals surface area contributed by atoms with Crippen molar-refractivity contribution >= 4 is 41.8 Å². The molecule has 0 heterocycles. The van der Waals surface area contributed by atoms with Crippen LogP contribution >= 0.6 is 0 Å². The topological polar surface area (TPSA) is 97.3 Å². The molecule has 0 aromatic carbocycles. The summed E-state index contributed by atoms with van der Waals surface area (Å²) in [5.74, 6) is -2.17. The number of carbonyl (C=O) groups is 3. The van der Waals surface area contributed by atoms with Crippen LogP contribution < -0.4 is 146 Å². The van der Waals surface area contributed by atoms with Crippen LogP contribution in [0.3, 0.4) is 0 Å². The average Bonchev–Trinajstić information content (AvgIpc) is 1.66. The number of rotatable bonds is 0. The summed E-state index contributed by atoms with van der Waals surface area (Å²) in [6.07, 6.45) is 0. The van der Waals surface area contributed by atoms with Gasteiger partial charge in [-0.3, -0.25) is 0 Å². The first-order valence-electron chi connectivity index (χ1n) is 2.11. The molecule has 0 saturated carbocycles. The summed E-state index contributed by atoms with van der Waals surface area (Å²) >= 11 is 0. The van der Waals surface area contributed by atoms with E-state index in [0.29, 0.717) is 0 Å². The molecule has 0 bridgehead atoms. The Morgan fingerprint density at radius 1 is 0.875 bits per heavy atom. The minimum atomic E-state index is -1.08. The van der Waals surface area contributed by atoms with Gasteiger partial charge in [0.05, 0.1) is 0 Å². The van der Waals surface area contributed by atoms with Crippen LogP contribution in [-0.2, 0) is 14.4 Å². The molecule has 0 N–H and O–H groups in total. The smallest absolute Gasteiger partial charge is 1.00 e. The first kappa shape index (κ1) is 60.4. The molecule has 16 heavy (non-hydrogen) atoms. The number of carbonyl (C=O) groups excluding carboxylic acids is 3. The van der Waals surface area contributed by atoms with Gasteiger partial charge < -0.3 is 49.4 Å². The second-order valence-electron chi connectivity index (χ2n) is 0.983. The summed E-state index contributed by atoms with van der Waals surface area (Å²) < 4.78 is 0. The number of carboxylic acid groups (broad SMARTS) is 2. The van der Waals surface area contributed by atoms with Crippen LogP contribution in [0.15, 0.2) is 0 Å². The summed E-state index contributed by atoms with van der Waals surface area (Å²) in [7, 11) is 0. The van der Waals surface area contributed by atoms with Crippen LogP contribution in [0.2, 0.25) is 0 Å². The zero-order valence-electron chi connectivity index (χ0n) is 10.2. The van der Waals surface area contributed by atoms with E-state index in [4.69, 9.17) is 24.6 Å². The van der Waals surface area contributed by atoms with Crippen LogP contribution in [0.4, 0.5) is 0 Å². The standard InChI is InChI=1S/2C2H4O2.CH2O.2ClH.K.Mg.2Na/c2*1-2(3)4;1-2;;;;;;/h2*1H3,(H,3,4);1H2;2*1H;;;;/q;;;;;+1;+2;2*+1/p-4. The van der Waals surface area contributed by atoms with Gasteiger partial charge in [0.1, 0.15) is 6.79 Å². The number of halogens is 2. The molecule has 0 atom stereocenters. The Hall–Kier alpha value is 3.59. The monoisotopic (exact) mass is 327 g/mol. The predicted molar refractivity (Wildman–Crippen MR) is 34.2 cm³/mol. The molecule has 0 unspecified atom stereocenters. The summed E-state index contributed by atoms with van der Waals surface area (Å²) in [5, 5.41) is 17.8. The van der Waals surface area contributed by atoms with Gasteiger partial charge in [0.25, 0.3) is 0 Å². The maximum atomic E-state index is 8.89. The first-order valence-corrected chi connectivity index (χ1v) is 2.11. The Morgan fingerprint density at radius 3 is 0.875 bits per heavy atom. The maximum Gasteiger partial charge on any atom is 2.00 e. The fourth-order valence-corrected chi connectivity index (χ4v) is 0. The molecule has 0 saturated heterocycles. The third-order valence-corrected chi connectivity index (χ3v) is 0. The average molecular weight is 328 g/mol. The molecular formula is C5H8Cl2KMgNa2O5+. The van der Waals surface area contributed by atoms with Crippen molar-refractivity contribution in [1.29, 1.82) is 0 Å². The largest absolute Gasteiger partial charge is 2.00 e. The van der Waals surface area contributed by atoms with Gasteiger partial charge in [-0.15, -0.1) is 0 Å². The molecule has 0 fully saturated rings. The summed E-state index contributed by atoms with van der Waals surface area (Å²) in [4.78, 5) is 25.8. The second kappa shape index (κ2) is 62.5. The molecule has 5 nitrogen and oxygen atoms in total. The van der Waals surface area contributed by atoms with E-state index >= 15 is 0 Å². The molecule has 0 aliphatic rings. The third-order valence-electron chi connectivity index (χ3n) is 0. The van der Waals surface area contributed by atoms with Gasteiger partial charge in [-0.25, -0.2) is 0 Å². The van der Waals surface area contributed by atoms with Gasteiger partial charge in [0.15, 0.2) is 0 Å². The zero-order chi connectivity index (χ0) is 9.15. The number of carboxylic acids is 2. The molecule has 0 aromatic rings. The van der Waals surface area contributed by atoms with Gasteiger partial charge in [0.2, 0.25) is 0 Å². The first-order chi connectivity index (χ1) is 4.46. The molecule has 0 rings (SSSR count). The van der Waals surface area contributed by atoms with E-state index in [1.54, 1.807) is 0 Å². The van der Waals surface area contributed by atoms with Crippen LogP contribution in [0, 0.1) is 0 Å². The number of aliphatic carboxylic acids is 2. The van der Waals surface area contributed by atoms with Gasteiger partial charge in [-0.05, 0) is 13.8 Å². The molecule has 0 amide bonds. The van der Waals surface area contributed by atoms with Crippen LogP contribution in [-0.4, -0.2) is 41.8 Å². The van der Waals surface area contributed by atoms with E-state index in [9.17, 15) is 0 Å². The quantitative estimate of drug-likeness (QED) is 0.411. The molecule has 0 aliphatic carbocycles. The summed E-state index contributed by atoms with van der Waals surface area (Å²) in [5.41, 5.74) is 0. The van der Waals surface area contributed by atoms with E-state index in [1.807, 2.05) is 6.79 Å². The Balaban J connectivity index is -0.00000000571. The van der Waals surface area contributed by atoms with E-state index in [0.717, 1.165) is 13.8 Å².